The lowest BCUT2D eigenvalue weighted by Gasteiger charge is -2.13. The molecule has 1 aromatic carbocycles. The smallest absolute Gasteiger partial charge is 0.311 e. The molecule has 3 nitrogen and oxygen atoms in total. The van der Waals surface area contributed by atoms with Crippen molar-refractivity contribution in [3.63, 3.8) is 0 Å². The molecule has 1 atom stereocenters. The van der Waals surface area contributed by atoms with Crippen molar-refractivity contribution >= 4 is 5.97 Å². The first-order valence-electron chi connectivity index (χ1n) is 5.67. The number of hydrogen-bond donors (Lipinski definition) is 2. The van der Waals surface area contributed by atoms with Crippen molar-refractivity contribution in [2.45, 2.75) is 38.5 Å². The summed E-state index contributed by atoms with van der Waals surface area (Å²) >= 11 is 0. The molecule has 0 saturated heterocycles. The number of carbonyl (C=O) groups is 1. The van der Waals surface area contributed by atoms with Gasteiger partial charge in [-0.25, -0.2) is 0 Å². The predicted molar refractivity (Wildman–Crippen MR) is 62.6 cm³/mol. The van der Waals surface area contributed by atoms with Gasteiger partial charge in [0.1, 0.15) is 5.75 Å². The van der Waals surface area contributed by atoms with Gasteiger partial charge in [-0.2, -0.15) is 0 Å². The molecule has 1 unspecified atom stereocenters. The molecule has 16 heavy (non-hydrogen) atoms. The number of unbranched alkanes of at least 4 members (excludes halogenated alkanes) is 2. The maximum Gasteiger partial charge on any atom is 0.311 e. The Morgan fingerprint density at radius 2 is 2.00 bits per heavy atom. The zero-order valence-electron chi connectivity index (χ0n) is 9.52. The van der Waals surface area contributed by atoms with Gasteiger partial charge in [-0.15, -0.1) is 0 Å². The summed E-state index contributed by atoms with van der Waals surface area (Å²) in [5.74, 6) is -1.38. The maximum absolute atomic E-state index is 11.1. The lowest BCUT2D eigenvalue weighted by atomic mass is 9.92. The van der Waals surface area contributed by atoms with E-state index in [4.69, 9.17) is 5.11 Å². The van der Waals surface area contributed by atoms with Gasteiger partial charge < -0.3 is 10.2 Å². The normalized spacial score (nSPS) is 12.3. The first-order chi connectivity index (χ1) is 7.66. The molecule has 0 aliphatic carbocycles. The molecule has 1 rings (SSSR count). The number of benzene rings is 1. The molecule has 0 amide bonds. The Balaban J connectivity index is 2.78. The van der Waals surface area contributed by atoms with Gasteiger partial charge in [-0.3, -0.25) is 4.79 Å². The van der Waals surface area contributed by atoms with Crippen molar-refractivity contribution in [1.29, 1.82) is 0 Å². The van der Waals surface area contributed by atoms with Gasteiger partial charge in [0.05, 0.1) is 5.92 Å². The average molecular weight is 222 g/mol. The summed E-state index contributed by atoms with van der Waals surface area (Å²) in [6.07, 6.45) is 3.55. The van der Waals surface area contributed by atoms with E-state index < -0.39 is 11.9 Å². The summed E-state index contributed by atoms with van der Waals surface area (Å²) in [7, 11) is 0. The van der Waals surface area contributed by atoms with Gasteiger partial charge in [0.15, 0.2) is 0 Å². The van der Waals surface area contributed by atoms with E-state index in [2.05, 4.69) is 6.92 Å². The zero-order chi connectivity index (χ0) is 12.0. The monoisotopic (exact) mass is 222 g/mol. The van der Waals surface area contributed by atoms with Crippen LogP contribution in [0.5, 0.6) is 5.75 Å². The van der Waals surface area contributed by atoms with E-state index in [1.807, 2.05) is 0 Å². The van der Waals surface area contributed by atoms with Crippen molar-refractivity contribution in [2.24, 2.45) is 0 Å². The molecule has 0 spiro atoms. The minimum Gasteiger partial charge on any atom is -0.508 e. The van der Waals surface area contributed by atoms with E-state index in [1.165, 1.54) is 6.07 Å². The summed E-state index contributed by atoms with van der Waals surface area (Å²) in [6.45, 7) is 2.08. The molecule has 0 heterocycles. The number of carboxylic acids is 1. The second-order valence-electron chi connectivity index (χ2n) is 3.95. The Bertz CT molecular complexity index is 347. The molecule has 2 N–H and O–H groups in total. The first-order valence-corrected chi connectivity index (χ1v) is 5.67. The van der Waals surface area contributed by atoms with Crippen LogP contribution in [-0.4, -0.2) is 16.2 Å². The quantitative estimate of drug-likeness (QED) is 0.727. The standard InChI is InChI=1S/C13H18O3/c1-2-3-4-8-11(13(15)16)10-7-5-6-9-12(10)14/h5-7,9,11,14H,2-4,8H2,1H3,(H,15,16). The highest BCUT2D eigenvalue weighted by Crippen LogP contribution is 2.29. The number of rotatable bonds is 6. The molecule has 3 heteroatoms. The van der Waals surface area contributed by atoms with E-state index in [9.17, 15) is 9.90 Å². The van der Waals surface area contributed by atoms with Gasteiger partial charge in [0.25, 0.3) is 0 Å². The number of aliphatic carboxylic acids is 1. The summed E-state index contributed by atoms with van der Waals surface area (Å²) in [6, 6.07) is 6.67. The average Bonchev–Trinajstić information content (AvgIpc) is 2.25. The highest BCUT2D eigenvalue weighted by molar-refractivity contribution is 5.77. The Labute approximate surface area is 95.7 Å². The second kappa shape index (κ2) is 6.16. The highest BCUT2D eigenvalue weighted by Gasteiger charge is 2.21. The molecule has 0 aromatic heterocycles. The number of phenolic OH excluding ortho intramolecular Hbond substituents is 1. The van der Waals surface area contributed by atoms with Crippen LogP contribution in [0.15, 0.2) is 24.3 Å². The SMILES string of the molecule is CCCCCC(C(=O)O)c1ccccc1O. The fourth-order valence-electron chi connectivity index (χ4n) is 1.79. The predicted octanol–water partition coefficient (Wildman–Crippen LogP) is 3.14. The molecule has 0 aliphatic heterocycles. The molecular formula is C13H18O3. The van der Waals surface area contributed by atoms with Crippen molar-refractivity contribution < 1.29 is 15.0 Å². The van der Waals surface area contributed by atoms with Crippen molar-refractivity contribution in [3.8, 4) is 5.75 Å². The van der Waals surface area contributed by atoms with Crippen molar-refractivity contribution in [2.75, 3.05) is 0 Å². The molecule has 0 saturated carbocycles. The van der Waals surface area contributed by atoms with Crippen LogP contribution in [0.4, 0.5) is 0 Å². The summed E-state index contributed by atoms with van der Waals surface area (Å²) < 4.78 is 0. The topological polar surface area (TPSA) is 57.5 Å². The van der Waals surface area contributed by atoms with E-state index in [1.54, 1.807) is 18.2 Å². The zero-order valence-corrected chi connectivity index (χ0v) is 9.52. The lowest BCUT2D eigenvalue weighted by Crippen LogP contribution is -2.11. The van der Waals surface area contributed by atoms with E-state index in [0.29, 0.717) is 12.0 Å². The van der Waals surface area contributed by atoms with Gasteiger partial charge in [0.2, 0.25) is 0 Å². The number of carboxylic acid groups (broad SMARTS) is 1. The fraction of sp³-hybridized carbons (Fsp3) is 0.462. The second-order valence-corrected chi connectivity index (χ2v) is 3.95. The third kappa shape index (κ3) is 3.26. The highest BCUT2D eigenvalue weighted by atomic mass is 16.4. The number of phenols is 1. The minimum atomic E-state index is -0.863. The van der Waals surface area contributed by atoms with Crippen LogP contribution >= 0.6 is 0 Å². The summed E-state index contributed by atoms with van der Waals surface area (Å²) in [5.41, 5.74) is 0.520. The van der Waals surface area contributed by atoms with Crippen LogP contribution in [0.2, 0.25) is 0 Å². The Hall–Kier alpha value is -1.51. The third-order valence-electron chi connectivity index (χ3n) is 2.71. The molecule has 88 valence electrons. The van der Waals surface area contributed by atoms with Gasteiger partial charge in [-0.1, -0.05) is 44.4 Å². The van der Waals surface area contributed by atoms with Crippen molar-refractivity contribution in [1.82, 2.24) is 0 Å². The molecule has 0 radical (unpaired) electrons. The van der Waals surface area contributed by atoms with E-state index >= 15 is 0 Å². The fourth-order valence-corrected chi connectivity index (χ4v) is 1.79. The Morgan fingerprint density at radius 3 is 2.56 bits per heavy atom. The molecule has 1 aromatic rings. The van der Waals surface area contributed by atoms with Gasteiger partial charge in [0, 0.05) is 5.56 Å². The van der Waals surface area contributed by atoms with Gasteiger partial charge >= 0.3 is 5.97 Å². The molecule has 0 aliphatic rings. The number of para-hydroxylation sites is 1. The van der Waals surface area contributed by atoms with Crippen LogP contribution in [0.3, 0.4) is 0 Å². The van der Waals surface area contributed by atoms with Crippen LogP contribution < -0.4 is 0 Å². The summed E-state index contributed by atoms with van der Waals surface area (Å²) in [5, 5.41) is 18.8. The van der Waals surface area contributed by atoms with Crippen LogP contribution in [0.25, 0.3) is 0 Å². The third-order valence-corrected chi connectivity index (χ3v) is 2.71. The van der Waals surface area contributed by atoms with E-state index in [0.717, 1.165) is 19.3 Å². The Kier molecular flexibility index (Phi) is 4.83. The molecule has 0 fully saturated rings. The molecule has 0 bridgehead atoms. The van der Waals surface area contributed by atoms with Crippen LogP contribution in [0, 0.1) is 0 Å². The van der Waals surface area contributed by atoms with Gasteiger partial charge in [-0.05, 0) is 12.5 Å². The van der Waals surface area contributed by atoms with Crippen molar-refractivity contribution in [3.05, 3.63) is 29.8 Å². The minimum absolute atomic E-state index is 0.0754. The maximum atomic E-state index is 11.1. The van der Waals surface area contributed by atoms with Crippen LogP contribution in [-0.2, 0) is 4.79 Å². The number of aromatic hydroxyl groups is 1. The number of hydrogen-bond acceptors (Lipinski definition) is 2. The lowest BCUT2D eigenvalue weighted by molar-refractivity contribution is -0.139. The first kappa shape index (κ1) is 12.6. The van der Waals surface area contributed by atoms with E-state index in [-0.39, 0.29) is 5.75 Å². The largest absolute Gasteiger partial charge is 0.508 e. The Morgan fingerprint density at radius 1 is 1.31 bits per heavy atom. The molecular weight excluding hydrogens is 204 g/mol. The summed E-state index contributed by atoms with van der Waals surface area (Å²) in [4.78, 5) is 11.1. The van der Waals surface area contributed by atoms with Crippen LogP contribution in [0.1, 0.15) is 44.1 Å².